The zero-order valence-electron chi connectivity index (χ0n) is 11.8. The number of thiocarbonyl (C=S) groups is 1. The number of benzene rings is 1. The molecule has 0 radical (unpaired) electrons. The van der Waals surface area contributed by atoms with Gasteiger partial charge in [-0.3, -0.25) is 0 Å². The smallest absolute Gasteiger partial charge is 0.140 e. The van der Waals surface area contributed by atoms with Gasteiger partial charge in [0.1, 0.15) is 10.8 Å². The topological polar surface area (TPSA) is 50.9 Å². The van der Waals surface area contributed by atoms with Gasteiger partial charge in [-0.1, -0.05) is 44.3 Å². The second-order valence-corrected chi connectivity index (χ2v) is 4.99. The minimum Gasteiger partial charge on any atom is -0.389 e. The van der Waals surface area contributed by atoms with Crippen LogP contribution in [0, 0.1) is 0 Å². The monoisotopic (exact) mass is 285 g/mol. The number of rotatable bonds is 5. The molecule has 0 unspecified atom stereocenters. The molecule has 0 fully saturated rings. The Bertz CT molecular complexity index is 601. The van der Waals surface area contributed by atoms with Gasteiger partial charge in [0.15, 0.2) is 0 Å². The zero-order valence-corrected chi connectivity index (χ0v) is 12.6. The summed E-state index contributed by atoms with van der Waals surface area (Å²) in [7, 11) is 0. The van der Waals surface area contributed by atoms with Gasteiger partial charge in [-0.05, 0) is 36.1 Å². The third kappa shape index (κ3) is 2.96. The lowest BCUT2D eigenvalue weighted by molar-refractivity contribution is 1.08. The van der Waals surface area contributed by atoms with Gasteiger partial charge in [0, 0.05) is 11.9 Å². The number of para-hydroxylation sites is 1. The number of pyridine rings is 1. The van der Waals surface area contributed by atoms with E-state index in [1.54, 1.807) is 6.20 Å². The highest BCUT2D eigenvalue weighted by molar-refractivity contribution is 7.80. The minimum absolute atomic E-state index is 0.354. The molecular weight excluding hydrogens is 266 g/mol. The van der Waals surface area contributed by atoms with Crippen molar-refractivity contribution >= 4 is 28.7 Å². The van der Waals surface area contributed by atoms with Gasteiger partial charge in [-0.25, -0.2) is 4.98 Å². The van der Waals surface area contributed by atoms with Gasteiger partial charge in [-0.2, -0.15) is 0 Å². The van der Waals surface area contributed by atoms with E-state index in [9.17, 15) is 0 Å². The van der Waals surface area contributed by atoms with E-state index in [0.717, 1.165) is 29.9 Å². The molecule has 20 heavy (non-hydrogen) atoms. The van der Waals surface area contributed by atoms with Gasteiger partial charge < -0.3 is 11.1 Å². The molecule has 1 heterocycles. The third-order valence-corrected chi connectivity index (χ3v) is 3.54. The van der Waals surface area contributed by atoms with E-state index in [2.05, 4.69) is 42.3 Å². The molecule has 4 heteroatoms. The van der Waals surface area contributed by atoms with Crippen molar-refractivity contribution in [2.75, 3.05) is 5.32 Å². The molecule has 1 aromatic heterocycles. The molecule has 3 nitrogen and oxygen atoms in total. The van der Waals surface area contributed by atoms with Crippen molar-refractivity contribution in [3.05, 3.63) is 53.2 Å². The Morgan fingerprint density at radius 2 is 1.80 bits per heavy atom. The second kappa shape index (κ2) is 6.48. The Labute approximate surface area is 125 Å². The summed E-state index contributed by atoms with van der Waals surface area (Å²) in [6, 6.07) is 10.1. The van der Waals surface area contributed by atoms with Gasteiger partial charge in [-0.15, -0.1) is 0 Å². The summed E-state index contributed by atoms with van der Waals surface area (Å²) in [5.41, 5.74) is 10.2. The summed E-state index contributed by atoms with van der Waals surface area (Å²) in [4.78, 5) is 4.72. The highest BCUT2D eigenvalue weighted by atomic mass is 32.1. The van der Waals surface area contributed by atoms with Crippen LogP contribution in [-0.4, -0.2) is 9.97 Å². The van der Waals surface area contributed by atoms with Gasteiger partial charge in [0.2, 0.25) is 0 Å². The van der Waals surface area contributed by atoms with E-state index in [0.29, 0.717) is 4.99 Å². The van der Waals surface area contributed by atoms with E-state index >= 15 is 0 Å². The highest BCUT2D eigenvalue weighted by Gasteiger charge is 2.11. The lowest BCUT2D eigenvalue weighted by atomic mass is 10.0. The molecule has 0 aliphatic rings. The van der Waals surface area contributed by atoms with E-state index in [1.165, 1.54) is 11.1 Å². The third-order valence-electron chi connectivity index (χ3n) is 3.32. The Morgan fingerprint density at radius 1 is 1.15 bits per heavy atom. The Kier molecular flexibility index (Phi) is 4.69. The first-order valence-electron chi connectivity index (χ1n) is 6.80. The van der Waals surface area contributed by atoms with Crippen LogP contribution in [0.25, 0.3) is 0 Å². The van der Waals surface area contributed by atoms with Crippen LogP contribution in [0.15, 0.2) is 36.5 Å². The first-order valence-corrected chi connectivity index (χ1v) is 7.20. The van der Waals surface area contributed by atoms with Crippen LogP contribution in [0.3, 0.4) is 0 Å². The number of hydrogen-bond acceptors (Lipinski definition) is 3. The number of aromatic nitrogens is 1. The van der Waals surface area contributed by atoms with Crippen LogP contribution in [0.4, 0.5) is 11.5 Å². The number of nitrogens with two attached hydrogens (primary N) is 1. The average molecular weight is 285 g/mol. The standard InChI is InChI=1S/C16H19N3S/c1-3-11-7-5-8-12(4-2)14(11)19-16-13(15(17)20)9-6-10-18-16/h5-10H,3-4H2,1-2H3,(H2,17,20)(H,18,19). The van der Waals surface area contributed by atoms with Crippen LogP contribution in [0.2, 0.25) is 0 Å². The van der Waals surface area contributed by atoms with Crippen molar-refractivity contribution < 1.29 is 0 Å². The van der Waals surface area contributed by atoms with Gasteiger partial charge >= 0.3 is 0 Å². The molecule has 0 saturated carbocycles. The van der Waals surface area contributed by atoms with Crippen molar-refractivity contribution in [2.45, 2.75) is 26.7 Å². The zero-order chi connectivity index (χ0) is 14.5. The molecule has 0 bridgehead atoms. The number of aryl methyl sites for hydroxylation is 2. The maximum absolute atomic E-state index is 5.76. The maximum Gasteiger partial charge on any atom is 0.140 e. The summed E-state index contributed by atoms with van der Waals surface area (Å²) in [5.74, 6) is 0.718. The first kappa shape index (κ1) is 14.5. The predicted molar refractivity (Wildman–Crippen MR) is 88.6 cm³/mol. The molecular formula is C16H19N3S. The maximum atomic E-state index is 5.76. The Balaban J connectivity index is 2.47. The lowest BCUT2D eigenvalue weighted by Crippen LogP contribution is -2.13. The number of nitrogens with zero attached hydrogens (tertiary/aromatic N) is 1. The number of hydrogen-bond donors (Lipinski definition) is 2. The normalized spacial score (nSPS) is 10.3. The highest BCUT2D eigenvalue weighted by Crippen LogP contribution is 2.27. The number of anilines is 2. The first-order chi connectivity index (χ1) is 9.67. The summed E-state index contributed by atoms with van der Waals surface area (Å²) in [6.07, 6.45) is 3.67. The molecule has 2 aromatic rings. The van der Waals surface area contributed by atoms with E-state index in [-0.39, 0.29) is 0 Å². The predicted octanol–water partition coefficient (Wildman–Crippen LogP) is 3.58. The average Bonchev–Trinajstić information content (AvgIpc) is 2.47. The summed E-state index contributed by atoms with van der Waals surface area (Å²) < 4.78 is 0. The summed E-state index contributed by atoms with van der Waals surface area (Å²) in [6.45, 7) is 4.29. The van der Waals surface area contributed by atoms with E-state index in [1.807, 2.05) is 12.1 Å². The molecule has 2 rings (SSSR count). The molecule has 0 aliphatic heterocycles. The fourth-order valence-electron chi connectivity index (χ4n) is 2.23. The van der Waals surface area contributed by atoms with Crippen molar-refractivity contribution in [1.29, 1.82) is 0 Å². The molecule has 1 aromatic carbocycles. The van der Waals surface area contributed by atoms with Crippen LogP contribution in [0.1, 0.15) is 30.5 Å². The SMILES string of the molecule is CCc1cccc(CC)c1Nc1ncccc1C(N)=S. The van der Waals surface area contributed by atoms with Crippen LogP contribution < -0.4 is 11.1 Å². The van der Waals surface area contributed by atoms with Gasteiger partial charge in [0.25, 0.3) is 0 Å². The molecule has 3 N–H and O–H groups in total. The van der Waals surface area contributed by atoms with Crippen LogP contribution in [-0.2, 0) is 12.8 Å². The lowest BCUT2D eigenvalue weighted by Gasteiger charge is -2.16. The molecule has 0 saturated heterocycles. The van der Waals surface area contributed by atoms with Crippen molar-refractivity contribution in [1.82, 2.24) is 4.98 Å². The minimum atomic E-state index is 0.354. The van der Waals surface area contributed by atoms with Crippen molar-refractivity contribution in [3.63, 3.8) is 0 Å². The molecule has 0 amide bonds. The Hall–Kier alpha value is -1.94. The fraction of sp³-hybridized carbons (Fsp3) is 0.250. The van der Waals surface area contributed by atoms with Crippen molar-refractivity contribution in [2.24, 2.45) is 5.73 Å². The molecule has 104 valence electrons. The van der Waals surface area contributed by atoms with E-state index < -0.39 is 0 Å². The van der Waals surface area contributed by atoms with Crippen LogP contribution >= 0.6 is 12.2 Å². The fourth-order valence-corrected chi connectivity index (χ4v) is 2.39. The van der Waals surface area contributed by atoms with E-state index in [4.69, 9.17) is 18.0 Å². The van der Waals surface area contributed by atoms with Gasteiger partial charge in [0.05, 0.1) is 5.56 Å². The Morgan fingerprint density at radius 3 is 2.35 bits per heavy atom. The van der Waals surface area contributed by atoms with Crippen molar-refractivity contribution in [3.8, 4) is 0 Å². The molecule has 0 atom stereocenters. The van der Waals surface area contributed by atoms with Crippen LogP contribution in [0.5, 0.6) is 0 Å². The summed E-state index contributed by atoms with van der Waals surface area (Å²) in [5, 5.41) is 3.41. The largest absolute Gasteiger partial charge is 0.389 e. The molecule has 0 aliphatic carbocycles. The summed E-state index contributed by atoms with van der Waals surface area (Å²) >= 11 is 5.09. The molecule has 0 spiro atoms. The quantitative estimate of drug-likeness (QED) is 0.824. The second-order valence-electron chi connectivity index (χ2n) is 4.55. The number of nitrogens with one attached hydrogen (secondary N) is 1.